The molecule has 5 rings (SSSR count). The lowest BCUT2D eigenvalue weighted by atomic mass is 9.80. The van der Waals surface area contributed by atoms with Crippen LogP contribution in [0.1, 0.15) is 123 Å². The molecule has 0 saturated carbocycles. The maximum atomic E-state index is 13.8. The van der Waals surface area contributed by atoms with Crippen molar-refractivity contribution in [2.24, 2.45) is 5.10 Å². The summed E-state index contributed by atoms with van der Waals surface area (Å²) < 4.78 is 11.4. The van der Waals surface area contributed by atoms with E-state index in [0.29, 0.717) is 36.4 Å². The smallest absolute Gasteiger partial charge is 0.307 e. The van der Waals surface area contributed by atoms with Crippen LogP contribution in [0.4, 0.5) is 11.4 Å². The van der Waals surface area contributed by atoms with Gasteiger partial charge in [0, 0.05) is 71.0 Å². The summed E-state index contributed by atoms with van der Waals surface area (Å²) in [4.78, 5) is 68.3. The van der Waals surface area contributed by atoms with Gasteiger partial charge in [-0.2, -0.15) is 5.10 Å². The van der Waals surface area contributed by atoms with Crippen LogP contribution in [-0.2, 0) is 33.4 Å². The molecule has 16 heteroatoms. The quantitative estimate of drug-likeness (QED) is 0.0737. The van der Waals surface area contributed by atoms with Gasteiger partial charge in [-0.1, -0.05) is 45.4 Å². The molecule has 2 N–H and O–H groups in total. The number of benzene rings is 1. The number of carbonyl (C=O) groups excluding carboxylic acids is 5. The van der Waals surface area contributed by atoms with Crippen molar-refractivity contribution in [1.29, 1.82) is 0 Å². The highest BCUT2D eigenvalue weighted by molar-refractivity contribution is 6.43. The van der Waals surface area contributed by atoms with Crippen LogP contribution in [0.25, 0.3) is 5.57 Å². The van der Waals surface area contributed by atoms with Crippen LogP contribution < -0.4 is 10.2 Å². The molecule has 0 unspecified atom stereocenters. The standard InChI is InChI=1S/C47H72N8O8/c1-7-8-9-10-13-18-39(56)49-38-33-35(19-20-36(38)42-44(59)43(45(42)60)37-34-48-55(46(37)61)47(2,3)4)52(29-31-62-40(57)21-27-50(5)53-23-14-11-15-24-53)30-32-63-41(58)22-28-51(6)54-25-16-12-17-26-54/h19-20,33-34,59H,7-18,21-32H2,1-6H3,(H,49,56). The zero-order valence-corrected chi connectivity index (χ0v) is 38.7. The first-order chi connectivity index (χ1) is 30.2. The second kappa shape index (κ2) is 23.9. The molecule has 348 valence electrons. The molecular weight excluding hydrogens is 805 g/mol. The number of ketones is 1. The van der Waals surface area contributed by atoms with E-state index in [4.69, 9.17) is 9.47 Å². The van der Waals surface area contributed by atoms with E-state index in [2.05, 4.69) is 37.4 Å². The minimum Gasteiger partial charge on any atom is -0.506 e. The number of carbonyl (C=O) groups is 5. The molecule has 0 atom stereocenters. The number of nitrogens with one attached hydrogen (secondary N) is 1. The van der Waals surface area contributed by atoms with Crippen LogP contribution >= 0.6 is 0 Å². The highest BCUT2D eigenvalue weighted by Crippen LogP contribution is 2.43. The van der Waals surface area contributed by atoms with Gasteiger partial charge in [0.15, 0.2) is 0 Å². The predicted octanol–water partition coefficient (Wildman–Crippen LogP) is 6.10. The lowest BCUT2D eigenvalue weighted by Gasteiger charge is -2.34. The number of hydrogen-bond donors (Lipinski definition) is 2. The lowest BCUT2D eigenvalue weighted by Crippen LogP contribution is -2.44. The molecule has 4 aliphatic rings. The van der Waals surface area contributed by atoms with Crippen LogP contribution in [0.3, 0.4) is 0 Å². The molecule has 2 fully saturated rings. The Hall–Kier alpha value is -4.64. The van der Waals surface area contributed by atoms with Gasteiger partial charge < -0.3 is 24.8 Å². The van der Waals surface area contributed by atoms with E-state index in [1.165, 1.54) is 24.1 Å². The molecule has 1 aromatic carbocycles. The van der Waals surface area contributed by atoms with Gasteiger partial charge in [-0.15, -0.1) is 0 Å². The Morgan fingerprint density at radius 1 is 0.762 bits per heavy atom. The van der Waals surface area contributed by atoms with Gasteiger partial charge in [0.1, 0.15) is 19.0 Å². The lowest BCUT2D eigenvalue weighted by molar-refractivity contribution is -0.145. The summed E-state index contributed by atoms with van der Waals surface area (Å²) in [6.07, 6.45) is 13.8. The van der Waals surface area contributed by atoms with Crippen LogP contribution in [0.2, 0.25) is 0 Å². The highest BCUT2D eigenvalue weighted by atomic mass is 16.5. The summed E-state index contributed by atoms with van der Waals surface area (Å²) in [5.74, 6) is -2.25. The highest BCUT2D eigenvalue weighted by Gasteiger charge is 2.43. The third-order valence-corrected chi connectivity index (χ3v) is 12.1. The Labute approximate surface area is 374 Å². The summed E-state index contributed by atoms with van der Waals surface area (Å²) in [5, 5.41) is 28.6. The van der Waals surface area contributed by atoms with Gasteiger partial charge in [-0.25, -0.2) is 25.0 Å². The average molecular weight is 877 g/mol. The molecule has 0 aromatic heterocycles. The molecule has 3 aliphatic heterocycles. The number of amides is 2. The van der Waals surface area contributed by atoms with Gasteiger partial charge >= 0.3 is 11.9 Å². The van der Waals surface area contributed by atoms with Gasteiger partial charge in [-0.3, -0.25) is 24.0 Å². The summed E-state index contributed by atoms with van der Waals surface area (Å²) >= 11 is 0. The number of hydrazine groups is 2. The monoisotopic (exact) mass is 877 g/mol. The second-order valence-corrected chi connectivity index (χ2v) is 18.0. The molecule has 0 radical (unpaired) electrons. The number of aliphatic hydroxyl groups is 1. The van der Waals surface area contributed by atoms with Crippen molar-refractivity contribution in [3.8, 4) is 0 Å². The number of piperidine rings is 2. The number of anilines is 2. The Bertz CT molecular complexity index is 1810. The Balaban J connectivity index is 1.34. The molecule has 2 amide bonds. The van der Waals surface area contributed by atoms with Gasteiger partial charge in [0.05, 0.1) is 60.1 Å². The van der Waals surface area contributed by atoms with E-state index in [1.54, 1.807) is 18.2 Å². The fourth-order valence-electron chi connectivity index (χ4n) is 8.32. The first-order valence-electron chi connectivity index (χ1n) is 23.2. The van der Waals surface area contributed by atoms with Crippen molar-refractivity contribution in [3.63, 3.8) is 0 Å². The maximum Gasteiger partial charge on any atom is 0.307 e. The third kappa shape index (κ3) is 13.9. The van der Waals surface area contributed by atoms with Crippen LogP contribution in [0.5, 0.6) is 0 Å². The molecule has 2 saturated heterocycles. The number of nitrogens with zero attached hydrogens (tertiary/aromatic N) is 7. The Morgan fingerprint density at radius 2 is 1.32 bits per heavy atom. The van der Waals surface area contributed by atoms with E-state index in [1.807, 2.05) is 39.8 Å². The zero-order valence-electron chi connectivity index (χ0n) is 38.7. The van der Waals surface area contributed by atoms with E-state index in [-0.39, 0.29) is 85.9 Å². The molecule has 0 spiro atoms. The molecule has 1 aromatic rings. The molecule has 0 bridgehead atoms. The number of ether oxygens (including phenoxy) is 2. The van der Waals surface area contributed by atoms with Crippen molar-refractivity contribution in [3.05, 3.63) is 40.7 Å². The summed E-state index contributed by atoms with van der Waals surface area (Å²) in [7, 11) is 3.99. The predicted molar refractivity (Wildman–Crippen MR) is 245 cm³/mol. The van der Waals surface area contributed by atoms with Gasteiger partial charge in [0.25, 0.3) is 5.91 Å². The molecule has 1 aliphatic carbocycles. The van der Waals surface area contributed by atoms with Gasteiger partial charge in [-0.05, 0) is 71.1 Å². The van der Waals surface area contributed by atoms with Crippen molar-refractivity contribution >= 4 is 52.7 Å². The number of esters is 2. The summed E-state index contributed by atoms with van der Waals surface area (Å²) in [6, 6.07) is 5.13. The van der Waals surface area contributed by atoms with Crippen LogP contribution in [0.15, 0.2) is 40.2 Å². The van der Waals surface area contributed by atoms with Crippen LogP contribution in [0, 0.1) is 0 Å². The van der Waals surface area contributed by atoms with E-state index < -0.39 is 17.2 Å². The molecular formula is C47H72N8O8. The van der Waals surface area contributed by atoms with Gasteiger partial charge in [0.2, 0.25) is 11.7 Å². The van der Waals surface area contributed by atoms with Crippen molar-refractivity contribution in [2.45, 2.75) is 123 Å². The molecule has 3 heterocycles. The molecule has 63 heavy (non-hydrogen) atoms. The number of allylic oxidation sites excluding steroid dienone is 2. The number of hydrogen-bond acceptors (Lipinski definition) is 14. The Morgan fingerprint density at radius 3 is 1.83 bits per heavy atom. The number of aliphatic hydroxyl groups excluding tert-OH is 1. The van der Waals surface area contributed by atoms with E-state index in [0.717, 1.165) is 77.5 Å². The summed E-state index contributed by atoms with van der Waals surface area (Å²) in [6.45, 7) is 13.2. The third-order valence-electron chi connectivity index (χ3n) is 12.1. The SMILES string of the molecule is CCCCCCCC(=O)Nc1cc(N(CCOC(=O)CCN(C)N2CCCCC2)CCOC(=O)CCN(C)N2CCCCC2)ccc1C1=C(O)C(=C2C=NN(C(C)(C)C)C2=O)C1=O. The molecule has 16 nitrogen and oxygen atoms in total. The number of Topliss-reactive ketones (excluding diaryl/α,β-unsaturated/α-hetero) is 1. The van der Waals surface area contributed by atoms with Crippen molar-refractivity contribution in [1.82, 2.24) is 25.0 Å². The van der Waals surface area contributed by atoms with E-state index >= 15 is 0 Å². The topological polar surface area (TPSA) is 168 Å². The first-order valence-corrected chi connectivity index (χ1v) is 23.2. The van der Waals surface area contributed by atoms with E-state index in [9.17, 15) is 29.1 Å². The van der Waals surface area contributed by atoms with Crippen LogP contribution in [-0.4, -0.2) is 151 Å². The number of rotatable bonds is 23. The normalized spacial score (nSPS) is 18.7. The van der Waals surface area contributed by atoms with Crippen molar-refractivity contribution in [2.75, 3.05) is 89.9 Å². The first kappa shape index (κ1) is 49.4. The largest absolute Gasteiger partial charge is 0.506 e. The number of hydrazone groups is 1. The zero-order chi connectivity index (χ0) is 45.5. The Kier molecular flexibility index (Phi) is 18.7. The summed E-state index contributed by atoms with van der Waals surface area (Å²) in [5.41, 5.74) is 0.458. The minimum absolute atomic E-state index is 0.0111. The fourth-order valence-corrected chi connectivity index (χ4v) is 8.32. The minimum atomic E-state index is -0.635. The number of unbranched alkanes of at least 4 members (excludes halogenated alkanes) is 4. The van der Waals surface area contributed by atoms with Crippen molar-refractivity contribution < 1.29 is 38.6 Å². The maximum absolute atomic E-state index is 13.8. The second-order valence-electron chi connectivity index (χ2n) is 18.0. The fraction of sp³-hybridized carbons (Fsp3) is 0.660. The average Bonchev–Trinajstić information content (AvgIpc) is 3.65.